The first kappa shape index (κ1) is 15.8. The van der Waals surface area contributed by atoms with Gasteiger partial charge in [0.1, 0.15) is 0 Å². The van der Waals surface area contributed by atoms with Crippen LogP contribution < -0.4 is 5.32 Å². The predicted molar refractivity (Wildman–Crippen MR) is 70.9 cm³/mol. The quantitative estimate of drug-likeness (QED) is 0.784. The molecule has 1 rings (SSSR count). The Hall–Kier alpha value is -0.260. The minimum Gasteiger partial charge on any atom is -0.313 e. The molecule has 0 aliphatic rings. The van der Waals surface area contributed by atoms with E-state index in [4.69, 9.17) is 11.6 Å². The van der Waals surface area contributed by atoms with Crippen molar-refractivity contribution in [3.05, 3.63) is 33.3 Å². The molecule has 1 unspecified atom stereocenters. The Morgan fingerprint density at radius 1 is 1.39 bits per heavy atom. The Morgan fingerprint density at radius 2 is 2.06 bits per heavy atom. The third-order valence-electron chi connectivity index (χ3n) is 2.65. The zero-order chi connectivity index (χ0) is 13.8. The molecule has 0 radical (unpaired) electrons. The molecule has 0 aliphatic heterocycles. The van der Waals surface area contributed by atoms with Crippen molar-refractivity contribution < 1.29 is 13.2 Å². The number of hydrogen-bond acceptors (Lipinski definition) is 1. The molecule has 1 atom stereocenters. The van der Waals surface area contributed by atoms with Gasteiger partial charge < -0.3 is 5.32 Å². The second kappa shape index (κ2) is 6.78. The molecule has 1 aromatic carbocycles. The van der Waals surface area contributed by atoms with Gasteiger partial charge in [0.2, 0.25) is 0 Å². The highest BCUT2D eigenvalue weighted by Gasteiger charge is 2.26. The molecule has 0 aliphatic carbocycles. The first-order valence-electron chi connectivity index (χ1n) is 5.52. The molecule has 1 aromatic rings. The molecule has 0 aromatic heterocycles. The highest BCUT2D eigenvalue weighted by Crippen LogP contribution is 2.29. The summed E-state index contributed by atoms with van der Waals surface area (Å²) in [4.78, 5) is 0. The van der Waals surface area contributed by atoms with Crippen molar-refractivity contribution in [1.82, 2.24) is 5.32 Å². The lowest BCUT2D eigenvalue weighted by Crippen LogP contribution is -2.17. The number of hydrogen-bond donors (Lipinski definition) is 1. The van der Waals surface area contributed by atoms with Crippen LogP contribution in [-0.2, 0) is 0 Å². The average molecular weight is 345 g/mol. The third kappa shape index (κ3) is 5.16. The van der Waals surface area contributed by atoms with E-state index in [-0.39, 0.29) is 12.5 Å². The molecule has 6 heteroatoms. The molecule has 18 heavy (non-hydrogen) atoms. The fraction of sp³-hybridized carbons (Fsp3) is 0.500. The van der Waals surface area contributed by atoms with E-state index < -0.39 is 12.6 Å². The fourth-order valence-electron chi connectivity index (χ4n) is 1.71. The minimum atomic E-state index is -4.09. The molecule has 1 N–H and O–H groups in total. The Labute approximate surface area is 118 Å². The normalized spacial score (nSPS) is 13.7. The van der Waals surface area contributed by atoms with E-state index in [9.17, 15) is 13.2 Å². The lowest BCUT2D eigenvalue weighted by atomic mass is 10.0. The monoisotopic (exact) mass is 343 g/mol. The van der Waals surface area contributed by atoms with Gasteiger partial charge in [-0.05, 0) is 53.5 Å². The van der Waals surface area contributed by atoms with Crippen LogP contribution in [0.5, 0.6) is 0 Å². The molecule has 102 valence electrons. The summed E-state index contributed by atoms with van der Waals surface area (Å²) >= 11 is 9.24. The van der Waals surface area contributed by atoms with Crippen LogP contribution in [-0.4, -0.2) is 13.2 Å². The second-order valence-corrected chi connectivity index (χ2v) is 5.28. The summed E-state index contributed by atoms with van der Waals surface area (Å²) in [6.07, 6.45) is -4.32. The van der Waals surface area contributed by atoms with Crippen molar-refractivity contribution in [3.8, 4) is 0 Å². The van der Waals surface area contributed by atoms with Crippen molar-refractivity contribution in [2.24, 2.45) is 0 Å². The number of rotatable bonds is 5. The molecule has 0 heterocycles. The van der Waals surface area contributed by atoms with Gasteiger partial charge >= 0.3 is 6.18 Å². The Bertz CT molecular complexity index is 395. The van der Waals surface area contributed by atoms with Crippen molar-refractivity contribution in [3.63, 3.8) is 0 Å². The summed E-state index contributed by atoms with van der Waals surface area (Å²) in [6, 6.07) is 5.30. The maximum atomic E-state index is 12.1. The van der Waals surface area contributed by atoms with Gasteiger partial charge in [-0.25, -0.2) is 0 Å². The van der Waals surface area contributed by atoms with Crippen LogP contribution in [0.3, 0.4) is 0 Å². The number of halogens is 5. The molecule has 0 saturated carbocycles. The van der Waals surface area contributed by atoms with Crippen molar-refractivity contribution in [2.45, 2.75) is 31.5 Å². The van der Waals surface area contributed by atoms with Crippen LogP contribution in [0.25, 0.3) is 0 Å². The smallest absolute Gasteiger partial charge is 0.313 e. The van der Waals surface area contributed by atoms with Crippen LogP contribution in [0.1, 0.15) is 30.9 Å². The summed E-state index contributed by atoms with van der Waals surface area (Å²) < 4.78 is 37.0. The zero-order valence-electron chi connectivity index (χ0n) is 9.82. The number of alkyl halides is 3. The SMILES string of the molecule is CNC(CCCC(F)(F)F)c1ccc(Br)c(Cl)c1. The molecule has 0 saturated heterocycles. The molecule has 0 fully saturated rings. The van der Waals surface area contributed by atoms with E-state index in [0.717, 1.165) is 10.0 Å². The highest BCUT2D eigenvalue weighted by atomic mass is 79.9. The Balaban J connectivity index is 2.63. The topological polar surface area (TPSA) is 12.0 Å². The third-order valence-corrected chi connectivity index (χ3v) is 3.88. The van der Waals surface area contributed by atoms with Crippen LogP contribution in [0.4, 0.5) is 13.2 Å². The van der Waals surface area contributed by atoms with Crippen molar-refractivity contribution in [1.29, 1.82) is 0 Å². The number of nitrogens with one attached hydrogen (secondary N) is 1. The summed E-state index contributed by atoms with van der Waals surface area (Å²) in [5, 5.41) is 3.57. The lowest BCUT2D eigenvalue weighted by molar-refractivity contribution is -0.135. The molecule has 1 nitrogen and oxygen atoms in total. The Morgan fingerprint density at radius 3 is 2.56 bits per heavy atom. The standard InChI is InChI=1S/C12H14BrClF3N/c1-18-11(3-2-6-12(15,16)17)8-4-5-9(13)10(14)7-8/h4-5,7,11,18H,2-3,6H2,1H3. The minimum absolute atomic E-state index is 0.0999. The van der Waals surface area contributed by atoms with Crippen LogP contribution in [0.2, 0.25) is 5.02 Å². The Kier molecular flexibility index (Phi) is 5.95. The van der Waals surface area contributed by atoms with E-state index in [1.807, 2.05) is 6.07 Å². The highest BCUT2D eigenvalue weighted by molar-refractivity contribution is 9.10. The fourth-order valence-corrected chi connectivity index (χ4v) is 2.15. The zero-order valence-corrected chi connectivity index (χ0v) is 12.2. The largest absolute Gasteiger partial charge is 0.389 e. The van der Waals surface area contributed by atoms with E-state index in [2.05, 4.69) is 21.2 Å². The molecule has 0 spiro atoms. The summed E-state index contributed by atoms with van der Waals surface area (Å²) in [6.45, 7) is 0. The average Bonchev–Trinajstić information content (AvgIpc) is 2.27. The first-order chi connectivity index (χ1) is 8.33. The van der Waals surface area contributed by atoms with Gasteiger partial charge in [-0.15, -0.1) is 0 Å². The van der Waals surface area contributed by atoms with Gasteiger partial charge in [-0.2, -0.15) is 13.2 Å². The van der Waals surface area contributed by atoms with E-state index in [0.29, 0.717) is 11.4 Å². The van der Waals surface area contributed by atoms with Gasteiger partial charge in [-0.1, -0.05) is 17.7 Å². The maximum absolute atomic E-state index is 12.1. The van der Waals surface area contributed by atoms with Gasteiger partial charge in [0.15, 0.2) is 0 Å². The maximum Gasteiger partial charge on any atom is 0.389 e. The van der Waals surface area contributed by atoms with Crippen LogP contribution in [0.15, 0.2) is 22.7 Å². The summed E-state index contributed by atoms with van der Waals surface area (Å²) in [7, 11) is 1.73. The van der Waals surface area contributed by atoms with Crippen molar-refractivity contribution >= 4 is 27.5 Å². The first-order valence-corrected chi connectivity index (χ1v) is 6.69. The van der Waals surface area contributed by atoms with Gasteiger partial charge in [0, 0.05) is 16.9 Å². The van der Waals surface area contributed by atoms with Gasteiger partial charge in [-0.3, -0.25) is 0 Å². The lowest BCUT2D eigenvalue weighted by Gasteiger charge is -2.17. The summed E-state index contributed by atoms with van der Waals surface area (Å²) in [5.74, 6) is 0. The van der Waals surface area contributed by atoms with Gasteiger partial charge in [0.05, 0.1) is 5.02 Å². The van der Waals surface area contributed by atoms with Crippen LogP contribution in [0, 0.1) is 0 Å². The molecule has 0 bridgehead atoms. The van der Waals surface area contributed by atoms with E-state index >= 15 is 0 Å². The van der Waals surface area contributed by atoms with E-state index in [1.54, 1.807) is 19.2 Å². The molecule has 0 amide bonds. The second-order valence-electron chi connectivity index (χ2n) is 4.02. The molecular weight excluding hydrogens is 330 g/mol. The summed E-state index contributed by atoms with van der Waals surface area (Å²) in [5.41, 5.74) is 0.896. The molecular formula is C12H14BrClF3N. The number of benzene rings is 1. The van der Waals surface area contributed by atoms with Crippen molar-refractivity contribution in [2.75, 3.05) is 7.05 Å². The van der Waals surface area contributed by atoms with Crippen LogP contribution >= 0.6 is 27.5 Å². The van der Waals surface area contributed by atoms with E-state index in [1.165, 1.54) is 0 Å². The predicted octanol–water partition coefficient (Wildman–Crippen LogP) is 5.10. The van der Waals surface area contributed by atoms with Gasteiger partial charge in [0.25, 0.3) is 0 Å².